The van der Waals surface area contributed by atoms with Crippen molar-refractivity contribution in [2.45, 2.75) is 52.5 Å². The van der Waals surface area contributed by atoms with Crippen molar-refractivity contribution in [2.75, 3.05) is 6.54 Å². The van der Waals surface area contributed by atoms with Crippen LogP contribution in [0.1, 0.15) is 63.3 Å². The van der Waals surface area contributed by atoms with E-state index in [0.717, 1.165) is 6.42 Å². The van der Waals surface area contributed by atoms with E-state index < -0.39 is 5.54 Å². The van der Waals surface area contributed by atoms with Crippen molar-refractivity contribution in [3.8, 4) is 0 Å². The number of nitrogens with two attached hydrogens (primary N) is 1. The highest BCUT2D eigenvalue weighted by atomic mass is 35.5. The van der Waals surface area contributed by atoms with Crippen LogP contribution in [0, 0.1) is 5.92 Å². The van der Waals surface area contributed by atoms with E-state index >= 15 is 0 Å². The van der Waals surface area contributed by atoms with E-state index in [-0.39, 0.29) is 22.5 Å². The third-order valence-electron chi connectivity index (χ3n) is 3.22. The molecule has 0 fully saturated rings. The Balaban J connectivity index is 3.00. The Bertz CT molecular complexity index is 504. The molecule has 118 valence electrons. The van der Waals surface area contributed by atoms with Crippen LogP contribution in [-0.4, -0.2) is 28.0 Å². The van der Waals surface area contributed by atoms with Crippen molar-refractivity contribution in [1.82, 2.24) is 15.3 Å². The summed E-state index contributed by atoms with van der Waals surface area (Å²) in [4.78, 5) is 20.9. The molecule has 1 unspecified atom stereocenters. The number of carbonyl (C=O) groups is 1. The summed E-state index contributed by atoms with van der Waals surface area (Å²) in [5.41, 5.74) is 5.55. The van der Waals surface area contributed by atoms with Crippen molar-refractivity contribution in [3.05, 3.63) is 22.7 Å². The van der Waals surface area contributed by atoms with Gasteiger partial charge in [-0.2, -0.15) is 0 Å². The molecule has 1 rings (SSSR count). The van der Waals surface area contributed by atoms with E-state index in [4.69, 9.17) is 17.3 Å². The fourth-order valence-corrected chi connectivity index (χ4v) is 2.41. The second-order valence-electron chi connectivity index (χ2n) is 6.40. The summed E-state index contributed by atoms with van der Waals surface area (Å²) in [6.07, 6.45) is 2.26. The van der Waals surface area contributed by atoms with Crippen molar-refractivity contribution in [1.29, 1.82) is 0 Å². The van der Waals surface area contributed by atoms with Gasteiger partial charge in [0.2, 0.25) is 0 Å². The van der Waals surface area contributed by atoms with Crippen molar-refractivity contribution >= 4 is 17.5 Å². The maximum absolute atomic E-state index is 12.5. The van der Waals surface area contributed by atoms with Crippen LogP contribution < -0.4 is 11.1 Å². The summed E-state index contributed by atoms with van der Waals surface area (Å²) in [6.45, 7) is 10.4. The highest BCUT2D eigenvalue weighted by Gasteiger charge is 2.28. The van der Waals surface area contributed by atoms with Crippen LogP contribution in [0.2, 0.25) is 5.02 Å². The maximum Gasteiger partial charge on any atom is 0.272 e. The molecule has 0 aromatic carbocycles. The standard InChI is InChI=1S/C15H25ClN4O/c1-9(2)6-15(5,8-17)20-14(21)12-11(16)7-18-13(19-12)10(3)4/h7,9-10H,6,8,17H2,1-5H3,(H,20,21). The maximum atomic E-state index is 12.5. The molecular weight excluding hydrogens is 288 g/mol. The zero-order chi connectivity index (χ0) is 16.2. The highest BCUT2D eigenvalue weighted by molar-refractivity contribution is 6.33. The largest absolute Gasteiger partial charge is 0.344 e. The molecule has 6 heteroatoms. The number of nitrogens with one attached hydrogen (secondary N) is 1. The van der Waals surface area contributed by atoms with Crippen LogP contribution in [0.4, 0.5) is 0 Å². The topological polar surface area (TPSA) is 80.9 Å². The lowest BCUT2D eigenvalue weighted by atomic mass is 9.90. The SMILES string of the molecule is CC(C)CC(C)(CN)NC(=O)c1nc(C(C)C)ncc1Cl. The van der Waals surface area contributed by atoms with E-state index in [1.165, 1.54) is 6.20 Å². The van der Waals surface area contributed by atoms with Gasteiger partial charge in [-0.1, -0.05) is 39.3 Å². The van der Waals surface area contributed by atoms with Gasteiger partial charge < -0.3 is 11.1 Å². The van der Waals surface area contributed by atoms with Gasteiger partial charge in [-0.3, -0.25) is 4.79 Å². The van der Waals surface area contributed by atoms with Crippen molar-refractivity contribution < 1.29 is 4.79 Å². The number of rotatable bonds is 6. The second kappa shape index (κ2) is 7.18. The van der Waals surface area contributed by atoms with Gasteiger partial charge in [0.1, 0.15) is 11.5 Å². The first kappa shape index (κ1) is 17.9. The molecule has 0 aliphatic rings. The van der Waals surface area contributed by atoms with Crippen LogP contribution in [0.5, 0.6) is 0 Å². The molecule has 0 bridgehead atoms. The first-order chi connectivity index (χ1) is 9.68. The lowest BCUT2D eigenvalue weighted by Gasteiger charge is -2.31. The van der Waals surface area contributed by atoms with Gasteiger partial charge in [0, 0.05) is 12.5 Å². The number of hydrogen-bond acceptors (Lipinski definition) is 4. The van der Waals surface area contributed by atoms with Crippen LogP contribution in [0.25, 0.3) is 0 Å². The fraction of sp³-hybridized carbons (Fsp3) is 0.667. The predicted octanol–water partition coefficient (Wildman–Crippen LogP) is 2.75. The third kappa shape index (κ3) is 4.93. The summed E-state index contributed by atoms with van der Waals surface area (Å²) in [5.74, 6) is 0.845. The number of nitrogens with zero attached hydrogens (tertiary/aromatic N) is 2. The average Bonchev–Trinajstić information content (AvgIpc) is 2.37. The summed E-state index contributed by atoms with van der Waals surface area (Å²) in [6, 6.07) is 0. The molecule has 0 saturated heterocycles. The van der Waals surface area contributed by atoms with Gasteiger partial charge in [0.05, 0.1) is 16.8 Å². The average molecular weight is 313 g/mol. The molecule has 1 aromatic heterocycles. The lowest BCUT2D eigenvalue weighted by Crippen LogP contribution is -2.52. The molecule has 0 radical (unpaired) electrons. The normalized spacial score (nSPS) is 14.3. The van der Waals surface area contributed by atoms with Gasteiger partial charge in [-0.15, -0.1) is 0 Å². The van der Waals surface area contributed by atoms with E-state index in [2.05, 4.69) is 29.1 Å². The zero-order valence-electron chi connectivity index (χ0n) is 13.4. The molecule has 0 aliphatic carbocycles. The Labute approximate surface area is 131 Å². The van der Waals surface area contributed by atoms with Gasteiger partial charge in [0.15, 0.2) is 0 Å². The van der Waals surface area contributed by atoms with Crippen LogP contribution >= 0.6 is 11.6 Å². The molecule has 21 heavy (non-hydrogen) atoms. The van der Waals surface area contributed by atoms with Gasteiger partial charge >= 0.3 is 0 Å². The Morgan fingerprint density at radius 1 is 1.43 bits per heavy atom. The minimum absolute atomic E-state index is 0.130. The second-order valence-corrected chi connectivity index (χ2v) is 6.80. The smallest absolute Gasteiger partial charge is 0.272 e. The van der Waals surface area contributed by atoms with Crippen LogP contribution in [0.3, 0.4) is 0 Å². The number of halogens is 1. The first-order valence-corrected chi connectivity index (χ1v) is 7.61. The number of amides is 1. The third-order valence-corrected chi connectivity index (χ3v) is 3.50. The van der Waals surface area contributed by atoms with E-state index in [0.29, 0.717) is 18.3 Å². The Morgan fingerprint density at radius 3 is 2.52 bits per heavy atom. The number of aromatic nitrogens is 2. The van der Waals surface area contributed by atoms with E-state index in [9.17, 15) is 4.79 Å². The van der Waals surface area contributed by atoms with E-state index in [1.54, 1.807) is 0 Å². The van der Waals surface area contributed by atoms with Crippen LogP contribution in [-0.2, 0) is 0 Å². The van der Waals surface area contributed by atoms with Crippen molar-refractivity contribution in [2.24, 2.45) is 11.7 Å². The molecule has 1 atom stereocenters. The predicted molar refractivity (Wildman–Crippen MR) is 85.5 cm³/mol. The molecule has 1 amide bonds. The molecule has 0 saturated carbocycles. The Kier molecular flexibility index (Phi) is 6.10. The number of hydrogen-bond donors (Lipinski definition) is 2. The van der Waals surface area contributed by atoms with Gasteiger partial charge in [-0.25, -0.2) is 9.97 Å². The first-order valence-electron chi connectivity index (χ1n) is 7.23. The minimum Gasteiger partial charge on any atom is -0.344 e. The highest BCUT2D eigenvalue weighted by Crippen LogP contribution is 2.19. The Morgan fingerprint density at radius 2 is 2.05 bits per heavy atom. The summed E-state index contributed by atoms with van der Waals surface area (Å²) >= 11 is 6.06. The van der Waals surface area contributed by atoms with E-state index in [1.807, 2.05) is 20.8 Å². The molecule has 5 nitrogen and oxygen atoms in total. The zero-order valence-corrected chi connectivity index (χ0v) is 14.2. The Hall–Kier alpha value is -1.20. The molecule has 1 heterocycles. The lowest BCUT2D eigenvalue weighted by molar-refractivity contribution is 0.0892. The fourth-order valence-electron chi connectivity index (χ4n) is 2.24. The molecule has 0 aliphatic heterocycles. The summed E-state index contributed by atoms with van der Waals surface area (Å²) < 4.78 is 0. The monoisotopic (exact) mass is 312 g/mol. The van der Waals surface area contributed by atoms with Gasteiger partial charge in [-0.05, 0) is 19.3 Å². The summed E-state index contributed by atoms with van der Waals surface area (Å²) in [7, 11) is 0. The number of carbonyl (C=O) groups excluding carboxylic acids is 1. The molecule has 3 N–H and O–H groups in total. The minimum atomic E-state index is -0.475. The quantitative estimate of drug-likeness (QED) is 0.846. The molecule has 0 spiro atoms. The van der Waals surface area contributed by atoms with Crippen LogP contribution in [0.15, 0.2) is 6.20 Å². The molecule has 1 aromatic rings. The molecular formula is C15H25ClN4O. The van der Waals surface area contributed by atoms with Gasteiger partial charge in [0.25, 0.3) is 5.91 Å². The van der Waals surface area contributed by atoms with Crippen molar-refractivity contribution in [3.63, 3.8) is 0 Å². The summed E-state index contributed by atoms with van der Waals surface area (Å²) in [5, 5.41) is 3.21.